The van der Waals surface area contributed by atoms with E-state index in [1.54, 1.807) is 12.1 Å². The Bertz CT molecular complexity index is 519. The van der Waals surface area contributed by atoms with Crippen LogP contribution in [0.1, 0.15) is 16.2 Å². The lowest BCUT2D eigenvalue weighted by molar-refractivity contribution is 0.0680. The molecule has 6 nitrogen and oxygen atoms in total. The van der Waals surface area contributed by atoms with E-state index in [2.05, 4.69) is 10.1 Å². The number of aromatic carboxylic acids is 1. The lowest BCUT2D eigenvalue weighted by Gasteiger charge is -1.98. The second-order valence-corrected chi connectivity index (χ2v) is 3.46. The highest BCUT2D eigenvalue weighted by molar-refractivity contribution is 5.83. The molecular weight excluding hydrogens is 222 g/mol. The van der Waals surface area contributed by atoms with Crippen molar-refractivity contribution in [1.29, 1.82) is 0 Å². The van der Waals surface area contributed by atoms with E-state index >= 15 is 0 Å². The predicted molar refractivity (Wildman–Crippen MR) is 59.5 cm³/mol. The first kappa shape index (κ1) is 11.3. The van der Waals surface area contributed by atoms with E-state index in [0.717, 1.165) is 12.0 Å². The molecule has 0 spiro atoms. The van der Waals surface area contributed by atoms with Gasteiger partial charge < -0.3 is 15.4 Å². The number of nitrogens with two attached hydrogens (primary N) is 1. The number of aromatic nitrogens is 2. The maximum Gasteiger partial charge on any atom is 0.377 e. The minimum Gasteiger partial charge on any atom is -0.475 e. The van der Waals surface area contributed by atoms with Gasteiger partial charge in [-0.3, -0.25) is 0 Å². The Morgan fingerprint density at radius 2 is 2.06 bits per heavy atom. The van der Waals surface area contributed by atoms with Gasteiger partial charge in [0.05, 0.1) is 0 Å². The Labute approximate surface area is 97.1 Å². The fourth-order valence-electron chi connectivity index (χ4n) is 1.41. The maximum atomic E-state index is 10.6. The number of carbonyl (C=O) groups is 1. The van der Waals surface area contributed by atoms with Crippen LogP contribution in [-0.4, -0.2) is 27.8 Å². The van der Waals surface area contributed by atoms with Gasteiger partial charge in [0.2, 0.25) is 0 Å². The van der Waals surface area contributed by atoms with Gasteiger partial charge in [0.1, 0.15) is 0 Å². The highest BCUT2D eigenvalue weighted by Gasteiger charge is 2.13. The standard InChI is InChI=1S/C11H11N3O3/c12-6-5-7-1-3-8(4-2-7)10-13-9(11(15)16)14-17-10/h1-4H,5-6,12H2,(H,15,16). The topological polar surface area (TPSA) is 102 Å². The summed E-state index contributed by atoms with van der Waals surface area (Å²) < 4.78 is 4.85. The van der Waals surface area contributed by atoms with Gasteiger partial charge in [0, 0.05) is 5.56 Å². The molecule has 0 atom stereocenters. The van der Waals surface area contributed by atoms with Gasteiger partial charge in [-0.05, 0) is 35.8 Å². The van der Waals surface area contributed by atoms with E-state index in [4.69, 9.17) is 15.4 Å². The molecule has 0 aliphatic carbocycles. The van der Waals surface area contributed by atoms with E-state index in [1.807, 2.05) is 12.1 Å². The molecule has 1 aromatic carbocycles. The molecule has 0 saturated heterocycles. The summed E-state index contributed by atoms with van der Waals surface area (Å²) in [5.41, 5.74) is 7.23. The Balaban J connectivity index is 2.23. The molecule has 2 aromatic rings. The summed E-state index contributed by atoms with van der Waals surface area (Å²) in [6.45, 7) is 0.586. The summed E-state index contributed by atoms with van der Waals surface area (Å²) >= 11 is 0. The van der Waals surface area contributed by atoms with Crippen molar-refractivity contribution >= 4 is 5.97 Å². The summed E-state index contributed by atoms with van der Waals surface area (Å²) in [4.78, 5) is 14.3. The third kappa shape index (κ3) is 2.48. The average Bonchev–Trinajstić information content (AvgIpc) is 2.80. The van der Waals surface area contributed by atoms with Crippen LogP contribution >= 0.6 is 0 Å². The summed E-state index contributed by atoms with van der Waals surface area (Å²) in [6.07, 6.45) is 0.796. The first-order valence-electron chi connectivity index (χ1n) is 5.07. The lowest BCUT2D eigenvalue weighted by atomic mass is 10.1. The molecule has 2 rings (SSSR count). The van der Waals surface area contributed by atoms with Crippen molar-refractivity contribution < 1.29 is 14.4 Å². The molecule has 0 fully saturated rings. The SMILES string of the molecule is NCCc1ccc(-c2nc(C(=O)O)no2)cc1. The van der Waals surface area contributed by atoms with Gasteiger partial charge in [0.15, 0.2) is 0 Å². The second kappa shape index (κ2) is 4.75. The maximum absolute atomic E-state index is 10.6. The van der Waals surface area contributed by atoms with Gasteiger partial charge in [-0.15, -0.1) is 0 Å². The summed E-state index contributed by atoms with van der Waals surface area (Å²) in [6, 6.07) is 7.38. The molecule has 1 heterocycles. The zero-order chi connectivity index (χ0) is 12.3. The van der Waals surface area contributed by atoms with Crippen LogP contribution in [0.4, 0.5) is 0 Å². The Kier molecular flexibility index (Phi) is 3.15. The first-order chi connectivity index (χ1) is 8.20. The molecule has 88 valence electrons. The van der Waals surface area contributed by atoms with Crippen LogP contribution in [0.15, 0.2) is 28.8 Å². The van der Waals surface area contributed by atoms with Crippen LogP contribution in [0.3, 0.4) is 0 Å². The molecule has 0 radical (unpaired) electrons. The molecule has 1 aromatic heterocycles. The van der Waals surface area contributed by atoms with Gasteiger partial charge in [-0.1, -0.05) is 12.1 Å². The molecule has 0 saturated carbocycles. The number of hydrogen-bond donors (Lipinski definition) is 2. The molecule has 17 heavy (non-hydrogen) atoms. The van der Waals surface area contributed by atoms with Crippen molar-refractivity contribution in [3.63, 3.8) is 0 Å². The number of carboxylic acids is 1. The largest absolute Gasteiger partial charge is 0.475 e. The Morgan fingerprint density at radius 3 is 2.59 bits per heavy atom. The van der Waals surface area contributed by atoms with Crippen LogP contribution in [-0.2, 0) is 6.42 Å². The Hall–Kier alpha value is -2.21. The van der Waals surface area contributed by atoms with Gasteiger partial charge >= 0.3 is 5.97 Å². The number of carboxylic acid groups (broad SMARTS) is 1. The van der Waals surface area contributed by atoms with E-state index in [1.165, 1.54) is 0 Å². The minimum absolute atomic E-state index is 0.196. The quantitative estimate of drug-likeness (QED) is 0.814. The fourth-order valence-corrected chi connectivity index (χ4v) is 1.41. The fraction of sp³-hybridized carbons (Fsp3) is 0.182. The molecule has 6 heteroatoms. The smallest absolute Gasteiger partial charge is 0.377 e. The number of rotatable bonds is 4. The van der Waals surface area contributed by atoms with Crippen molar-refractivity contribution in [2.24, 2.45) is 5.73 Å². The average molecular weight is 233 g/mol. The van der Waals surface area contributed by atoms with Gasteiger partial charge in [-0.2, -0.15) is 4.98 Å². The second-order valence-electron chi connectivity index (χ2n) is 3.46. The predicted octanol–water partition coefficient (Wildman–Crippen LogP) is 0.936. The van der Waals surface area contributed by atoms with E-state index in [-0.39, 0.29) is 11.7 Å². The highest BCUT2D eigenvalue weighted by Crippen LogP contribution is 2.17. The van der Waals surface area contributed by atoms with Crippen LogP contribution in [0.5, 0.6) is 0 Å². The summed E-state index contributed by atoms with van der Waals surface area (Å²) in [5.74, 6) is -1.35. The lowest BCUT2D eigenvalue weighted by Crippen LogP contribution is -2.02. The number of benzene rings is 1. The zero-order valence-corrected chi connectivity index (χ0v) is 8.96. The first-order valence-corrected chi connectivity index (χ1v) is 5.07. The third-order valence-electron chi connectivity index (χ3n) is 2.25. The Morgan fingerprint density at radius 1 is 1.35 bits per heavy atom. The molecule has 0 amide bonds. The van der Waals surface area contributed by atoms with E-state index in [0.29, 0.717) is 12.1 Å². The third-order valence-corrected chi connectivity index (χ3v) is 2.25. The highest BCUT2D eigenvalue weighted by atomic mass is 16.5. The molecule has 0 bridgehead atoms. The summed E-state index contributed by atoms with van der Waals surface area (Å²) in [7, 11) is 0. The molecule has 3 N–H and O–H groups in total. The van der Waals surface area contributed by atoms with E-state index in [9.17, 15) is 4.79 Å². The van der Waals surface area contributed by atoms with Crippen molar-refractivity contribution in [2.45, 2.75) is 6.42 Å². The normalized spacial score (nSPS) is 10.4. The number of nitrogens with zero attached hydrogens (tertiary/aromatic N) is 2. The van der Waals surface area contributed by atoms with Crippen molar-refractivity contribution in [3.8, 4) is 11.5 Å². The molecule has 0 unspecified atom stereocenters. The molecule has 0 aliphatic heterocycles. The minimum atomic E-state index is -1.21. The van der Waals surface area contributed by atoms with E-state index < -0.39 is 5.97 Å². The molecular formula is C11H11N3O3. The van der Waals surface area contributed by atoms with Crippen LogP contribution < -0.4 is 5.73 Å². The van der Waals surface area contributed by atoms with Crippen molar-refractivity contribution in [3.05, 3.63) is 35.7 Å². The van der Waals surface area contributed by atoms with Crippen LogP contribution in [0, 0.1) is 0 Å². The molecule has 0 aliphatic rings. The zero-order valence-electron chi connectivity index (χ0n) is 8.96. The van der Waals surface area contributed by atoms with Crippen molar-refractivity contribution in [2.75, 3.05) is 6.54 Å². The van der Waals surface area contributed by atoms with Crippen molar-refractivity contribution in [1.82, 2.24) is 10.1 Å². The number of hydrogen-bond acceptors (Lipinski definition) is 5. The monoisotopic (exact) mass is 233 g/mol. The van der Waals surface area contributed by atoms with Crippen LogP contribution in [0.25, 0.3) is 11.5 Å². The van der Waals surface area contributed by atoms with Gasteiger partial charge in [-0.25, -0.2) is 4.79 Å². The van der Waals surface area contributed by atoms with Gasteiger partial charge in [0.25, 0.3) is 11.7 Å². The van der Waals surface area contributed by atoms with Crippen LogP contribution in [0.2, 0.25) is 0 Å². The summed E-state index contributed by atoms with van der Waals surface area (Å²) in [5, 5.41) is 12.0.